The van der Waals surface area contributed by atoms with Crippen LogP contribution in [0.25, 0.3) is 11.3 Å². The molecular weight excluding hydrogens is 232 g/mol. The number of hydrogen-bond acceptors (Lipinski definition) is 2. The molecule has 1 aromatic heterocycles. The van der Waals surface area contributed by atoms with Crippen LogP contribution in [-0.4, -0.2) is 11.0 Å². The summed E-state index contributed by atoms with van der Waals surface area (Å²) in [6.45, 7) is 0. The zero-order valence-electron chi connectivity index (χ0n) is 9.36. The van der Waals surface area contributed by atoms with Gasteiger partial charge in [-0.15, -0.1) is 0 Å². The molecule has 0 radical (unpaired) electrons. The van der Waals surface area contributed by atoms with Gasteiger partial charge in [-0.1, -0.05) is 29.8 Å². The Bertz CT molecular complexity index is 566. The van der Waals surface area contributed by atoms with Crippen LogP contribution in [0.4, 0.5) is 0 Å². The first-order valence-electron chi connectivity index (χ1n) is 5.73. The van der Waals surface area contributed by atoms with E-state index in [0.29, 0.717) is 0 Å². The third-order valence-corrected chi connectivity index (χ3v) is 3.36. The highest BCUT2D eigenvalue weighted by atomic mass is 35.5. The predicted octanol–water partition coefficient (Wildman–Crippen LogP) is 2.83. The van der Waals surface area contributed by atoms with Gasteiger partial charge in [0.2, 0.25) is 0 Å². The smallest absolute Gasteiger partial charge is 0.0706 e. The number of halogens is 1. The molecule has 1 atom stereocenters. The molecular formula is C14H13ClN2. The molecule has 0 aliphatic heterocycles. The van der Waals surface area contributed by atoms with Crippen LogP contribution in [0.3, 0.4) is 0 Å². The van der Waals surface area contributed by atoms with Gasteiger partial charge >= 0.3 is 0 Å². The van der Waals surface area contributed by atoms with Crippen molar-refractivity contribution < 1.29 is 0 Å². The third kappa shape index (κ3) is 2.06. The second-order valence-corrected chi connectivity index (χ2v) is 4.92. The maximum absolute atomic E-state index is 5.99. The minimum Gasteiger partial charge on any atom is -0.327 e. The number of rotatable bonds is 1. The molecule has 0 saturated carbocycles. The average Bonchev–Trinajstić information content (AvgIpc) is 2.68. The largest absolute Gasteiger partial charge is 0.327 e. The molecule has 1 aromatic carbocycles. The van der Waals surface area contributed by atoms with Crippen molar-refractivity contribution in [1.29, 1.82) is 0 Å². The van der Waals surface area contributed by atoms with Gasteiger partial charge in [-0.2, -0.15) is 0 Å². The fraction of sp³-hybridized carbons (Fsp3) is 0.214. The Kier molecular flexibility index (Phi) is 2.61. The summed E-state index contributed by atoms with van der Waals surface area (Å²) in [4.78, 5) is 4.68. The molecule has 2 N–H and O–H groups in total. The topological polar surface area (TPSA) is 38.9 Å². The first-order chi connectivity index (χ1) is 8.22. The maximum Gasteiger partial charge on any atom is 0.0706 e. The van der Waals surface area contributed by atoms with E-state index in [1.165, 1.54) is 5.56 Å². The molecule has 0 fully saturated rings. The summed E-state index contributed by atoms with van der Waals surface area (Å²) in [5, 5.41) is 0.737. The molecule has 0 bridgehead atoms. The van der Waals surface area contributed by atoms with Crippen LogP contribution >= 0.6 is 11.6 Å². The molecule has 0 spiro atoms. The monoisotopic (exact) mass is 244 g/mol. The summed E-state index contributed by atoms with van der Waals surface area (Å²) in [6, 6.07) is 12.2. The normalized spacial score (nSPS) is 18.1. The third-order valence-electron chi connectivity index (χ3n) is 3.13. The van der Waals surface area contributed by atoms with Crippen molar-refractivity contribution >= 4 is 11.6 Å². The van der Waals surface area contributed by atoms with Crippen molar-refractivity contribution in [2.75, 3.05) is 0 Å². The van der Waals surface area contributed by atoms with Gasteiger partial charge in [-0.3, -0.25) is 4.98 Å². The van der Waals surface area contributed by atoms with E-state index >= 15 is 0 Å². The molecule has 0 amide bonds. The summed E-state index contributed by atoms with van der Waals surface area (Å²) in [6.07, 6.45) is 1.82. The quantitative estimate of drug-likeness (QED) is 0.838. The number of benzene rings is 1. The highest BCUT2D eigenvalue weighted by Gasteiger charge is 2.19. The van der Waals surface area contributed by atoms with Gasteiger partial charge < -0.3 is 5.73 Å². The van der Waals surface area contributed by atoms with E-state index < -0.39 is 0 Å². The van der Waals surface area contributed by atoms with E-state index in [1.807, 2.05) is 30.3 Å². The number of nitrogens with two attached hydrogens (primary N) is 1. The van der Waals surface area contributed by atoms with Gasteiger partial charge in [-0.05, 0) is 30.2 Å². The van der Waals surface area contributed by atoms with Gasteiger partial charge in [-0.25, -0.2) is 0 Å². The molecule has 2 aromatic rings. The van der Waals surface area contributed by atoms with E-state index in [2.05, 4.69) is 11.1 Å². The lowest BCUT2D eigenvalue weighted by atomic mass is 10.1. The SMILES string of the molecule is NC1Cc2ccc(-c3cccc(Cl)c3)nc2C1. The predicted molar refractivity (Wildman–Crippen MR) is 70.1 cm³/mol. The number of fused-ring (bicyclic) bond motifs is 1. The summed E-state index contributed by atoms with van der Waals surface area (Å²) < 4.78 is 0. The van der Waals surface area contributed by atoms with E-state index in [9.17, 15) is 0 Å². The second-order valence-electron chi connectivity index (χ2n) is 4.48. The molecule has 1 aliphatic carbocycles. The van der Waals surface area contributed by atoms with Crippen molar-refractivity contribution in [1.82, 2.24) is 4.98 Å². The number of pyridine rings is 1. The fourth-order valence-electron chi connectivity index (χ4n) is 2.30. The summed E-state index contributed by atoms with van der Waals surface area (Å²) in [5.41, 5.74) is 10.4. The van der Waals surface area contributed by atoms with E-state index in [0.717, 1.165) is 34.8 Å². The summed E-state index contributed by atoms with van der Waals surface area (Å²) in [7, 11) is 0. The minimum absolute atomic E-state index is 0.229. The van der Waals surface area contributed by atoms with Crippen LogP contribution in [-0.2, 0) is 12.8 Å². The van der Waals surface area contributed by atoms with Gasteiger partial charge in [0.25, 0.3) is 0 Å². The van der Waals surface area contributed by atoms with Gasteiger partial charge in [0, 0.05) is 28.7 Å². The average molecular weight is 245 g/mol. The van der Waals surface area contributed by atoms with Gasteiger partial charge in [0.15, 0.2) is 0 Å². The maximum atomic E-state index is 5.99. The first kappa shape index (κ1) is 10.8. The lowest BCUT2D eigenvalue weighted by Gasteiger charge is -2.04. The minimum atomic E-state index is 0.229. The van der Waals surface area contributed by atoms with Gasteiger partial charge in [0.05, 0.1) is 5.69 Å². The standard InChI is InChI=1S/C14H13ClN2/c15-11-3-1-2-9(6-11)13-5-4-10-7-12(16)8-14(10)17-13/h1-6,12H,7-8,16H2. The van der Waals surface area contributed by atoms with Crippen LogP contribution in [0.15, 0.2) is 36.4 Å². The Balaban J connectivity index is 2.03. The van der Waals surface area contributed by atoms with Gasteiger partial charge in [0.1, 0.15) is 0 Å². The first-order valence-corrected chi connectivity index (χ1v) is 6.10. The highest BCUT2D eigenvalue weighted by Crippen LogP contribution is 2.25. The Morgan fingerprint density at radius 1 is 1.18 bits per heavy atom. The fourth-order valence-corrected chi connectivity index (χ4v) is 2.49. The number of nitrogens with zero attached hydrogens (tertiary/aromatic N) is 1. The molecule has 1 heterocycles. The molecule has 1 unspecified atom stereocenters. The Morgan fingerprint density at radius 2 is 2.06 bits per heavy atom. The van der Waals surface area contributed by atoms with Crippen molar-refractivity contribution in [2.45, 2.75) is 18.9 Å². The Labute approximate surface area is 105 Å². The molecule has 1 aliphatic rings. The summed E-state index contributed by atoms with van der Waals surface area (Å²) >= 11 is 5.99. The van der Waals surface area contributed by atoms with E-state index in [1.54, 1.807) is 0 Å². The summed E-state index contributed by atoms with van der Waals surface area (Å²) in [5.74, 6) is 0. The Morgan fingerprint density at radius 3 is 2.88 bits per heavy atom. The Hall–Kier alpha value is -1.38. The second kappa shape index (κ2) is 4.13. The van der Waals surface area contributed by atoms with Crippen LogP contribution in [0.5, 0.6) is 0 Å². The number of aromatic nitrogens is 1. The molecule has 3 rings (SSSR count). The molecule has 3 heteroatoms. The molecule has 86 valence electrons. The molecule has 17 heavy (non-hydrogen) atoms. The van der Waals surface area contributed by atoms with Crippen LogP contribution in [0, 0.1) is 0 Å². The zero-order chi connectivity index (χ0) is 11.8. The lowest BCUT2D eigenvalue weighted by molar-refractivity contribution is 0.716. The van der Waals surface area contributed by atoms with Crippen LogP contribution in [0.1, 0.15) is 11.3 Å². The highest BCUT2D eigenvalue weighted by molar-refractivity contribution is 6.30. The van der Waals surface area contributed by atoms with E-state index in [-0.39, 0.29) is 6.04 Å². The van der Waals surface area contributed by atoms with Crippen molar-refractivity contribution in [3.8, 4) is 11.3 Å². The molecule has 2 nitrogen and oxygen atoms in total. The molecule has 0 saturated heterocycles. The van der Waals surface area contributed by atoms with Crippen molar-refractivity contribution in [3.63, 3.8) is 0 Å². The lowest BCUT2D eigenvalue weighted by Crippen LogP contribution is -2.19. The van der Waals surface area contributed by atoms with Crippen LogP contribution < -0.4 is 5.73 Å². The number of hydrogen-bond donors (Lipinski definition) is 1. The zero-order valence-corrected chi connectivity index (χ0v) is 10.1. The van der Waals surface area contributed by atoms with Crippen molar-refractivity contribution in [2.24, 2.45) is 5.73 Å². The van der Waals surface area contributed by atoms with E-state index in [4.69, 9.17) is 17.3 Å². The van der Waals surface area contributed by atoms with Crippen LogP contribution in [0.2, 0.25) is 5.02 Å². The van der Waals surface area contributed by atoms with Crippen molar-refractivity contribution in [3.05, 3.63) is 52.7 Å².